The lowest BCUT2D eigenvalue weighted by molar-refractivity contribution is 0.199. The van der Waals surface area contributed by atoms with Crippen molar-refractivity contribution >= 4 is 17.7 Å². The number of benzene rings is 1. The van der Waals surface area contributed by atoms with Crippen molar-refractivity contribution in [2.45, 2.75) is 26.9 Å². The van der Waals surface area contributed by atoms with Crippen LogP contribution in [0.4, 0.5) is 16.4 Å². The summed E-state index contributed by atoms with van der Waals surface area (Å²) in [5.41, 5.74) is 2.71. The molecule has 2 amide bonds. The molecule has 0 aliphatic heterocycles. The lowest BCUT2D eigenvalue weighted by atomic mass is 10.1. The number of nitrogens with one attached hydrogen (secondary N) is 2. The van der Waals surface area contributed by atoms with Crippen molar-refractivity contribution in [2.24, 2.45) is 0 Å². The van der Waals surface area contributed by atoms with Crippen LogP contribution in [0, 0.1) is 13.8 Å². The van der Waals surface area contributed by atoms with Crippen molar-refractivity contribution in [3.63, 3.8) is 0 Å². The van der Waals surface area contributed by atoms with Crippen LogP contribution in [0.25, 0.3) is 0 Å². The van der Waals surface area contributed by atoms with Gasteiger partial charge in [-0.15, -0.1) is 5.10 Å². The van der Waals surface area contributed by atoms with Crippen molar-refractivity contribution in [1.29, 1.82) is 0 Å². The maximum atomic E-state index is 11.9. The largest absolute Gasteiger partial charge is 0.389 e. The van der Waals surface area contributed by atoms with Gasteiger partial charge in [-0.3, -0.25) is 5.32 Å². The van der Waals surface area contributed by atoms with Gasteiger partial charge in [0.25, 0.3) is 5.95 Å². The SMILES string of the molecule is Cc1nnc(NC(=O)Nc2cccc(C(C)O)c2)nc1C. The van der Waals surface area contributed by atoms with Crippen molar-refractivity contribution in [3.05, 3.63) is 41.2 Å². The molecular formula is C14H17N5O2. The van der Waals surface area contributed by atoms with Crippen molar-refractivity contribution in [3.8, 4) is 0 Å². The zero-order chi connectivity index (χ0) is 15.4. The standard InChI is InChI=1S/C14H17N5O2/c1-8-9(2)18-19-13(15-8)17-14(21)16-12-6-4-5-11(7-12)10(3)20/h4-7,10,20H,1-3H3,(H2,15,16,17,19,21). The molecule has 1 heterocycles. The summed E-state index contributed by atoms with van der Waals surface area (Å²) in [6, 6.07) is 6.49. The fourth-order valence-corrected chi connectivity index (χ4v) is 1.65. The predicted molar refractivity (Wildman–Crippen MR) is 79.0 cm³/mol. The van der Waals surface area contributed by atoms with Gasteiger partial charge in [0.05, 0.1) is 17.5 Å². The molecule has 0 aliphatic rings. The highest BCUT2D eigenvalue weighted by molar-refractivity contribution is 5.98. The van der Waals surface area contributed by atoms with E-state index in [9.17, 15) is 9.90 Å². The molecule has 0 aliphatic carbocycles. The molecule has 1 unspecified atom stereocenters. The molecule has 1 aromatic carbocycles. The smallest absolute Gasteiger partial charge is 0.326 e. The Morgan fingerprint density at radius 2 is 1.95 bits per heavy atom. The van der Waals surface area contributed by atoms with Crippen LogP contribution in [0.5, 0.6) is 0 Å². The average Bonchev–Trinajstić information content (AvgIpc) is 2.43. The number of hydrogen-bond donors (Lipinski definition) is 3. The number of carbonyl (C=O) groups is 1. The van der Waals surface area contributed by atoms with Gasteiger partial charge in [-0.1, -0.05) is 12.1 Å². The van der Waals surface area contributed by atoms with Gasteiger partial charge in [0.1, 0.15) is 0 Å². The van der Waals surface area contributed by atoms with E-state index in [-0.39, 0.29) is 5.95 Å². The summed E-state index contributed by atoms with van der Waals surface area (Å²) in [7, 11) is 0. The molecule has 0 saturated heterocycles. The number of rotatable bonds is 3. The van der Waals surface area contributed by atoms with Crippen molar-refractivity contribution in [1.82, 2.24) is 15.2 Å². The second-order valence-corrected chi connectivity index (χ2v) is 4.69. The van der Waals surface area contributed by atoms with E-state index in [1.807, 2.05) is 0 Å². The topological polar surface area (TPSA) is 100 Å². The second kappa shape index (κ2) is 6.27. The Bertz CT molecular complexity index is 658. The first-order valence-electron chi connectivity index (χ1n) is 6.49. The highest BCUT2D eigenvalue weighted by atomic mass is 16.3. The van der Waals surface area contributed by atoms with Gasteiger partial charge in [-0.2, -0.15) is 5.10 Å². The molecule has 110 valence electrons. The molecule has 7 nitrogen and oxygen atoms in total. The fourth-order valence-electron chi connectivity index (χ4n) is 1.65. The Kier molecular flexibility index (Phi) is 4.44. The Hall–Kier alpha value is -2.54. The lowest BCUT2D eigenvalue weighted by Gasteiger charge is -2.09. The third kappa shape index (κ3) is 3.96. The number of urea groups is 1. The number of anilines is 2. The molecule has 0 bridgehead atoms. The third-order valence-corrected chi connectivity index (χ3v) is 2.94. The first-order chi connectivity index (χ1) is 9.95. The monoisotopic (exact) mass is 287 g/mol. The van der Waals surface area contributed by atoms with E-state index in [0.717, 1.165) is 5.56 Å². The lowest BCUT2D eigenvalue weighted by Crippen LogP contribution is -2.21. The van der Waals surface area contributed by atoms with Gasteiger partial charge < -0.3 is 10.4 Å². The van der Waals surface area contributed by atoms with E-state index < -0.39 is 12.1 Å². The van der Waals surface area contributed by atoms with Crippen LogP contribution in [0.2, 0.25) is 0 Å². The summed E-state index contributed by atoms with van der Waals surface area (Å²) in [6.07, 6.45) is -0.595. The first kappa shape index (κ1) is 14.9. The average molecular weight is 287 g/mol. The predicted octanol–water partition coefficient (Wildman–Crippen LogP) is 2.19. The zero-order valence-corrected chi connectivity index (χ0v) is 12.1. The Morgan fingerprint density at radius 1 is 1.19 bits per heavy atom. The minimum absolute atomic E-state index is 0.141. The molecule has 1 atom stereocenters. The number of amides is 2. The van der Waals surface area contributed by atoms with Crippen LogP contribution in [-0.4, -0.2) is 26.3 Å². The molecule has 2 rings (SSSR count). The molecule has 0 saturated carbocycles. The van der Waals surface area contributed by atoms with Crippen LogP contribution in [0.3, 0.4) is 0 Å². The van der Waals surface area contributed by atoms with Gasteiger partial charge in [0.15, 0.2) is 0 Å². The zero-order valence-electron chi connectivity index (χ0n) is 12.1. The summed E-state index contributed by atoms with van der Waals surface area (Å²) < 4.78 is 0. The number of aromatic nitrogens is 3. The normalized spacial score (nSPS) is 11.8. The highest BCUT2D eigenvalue weighted by Crippen LogP contribution is 2.17. The van der Waals surface area contributed by atoms with Gasteiger partial charge >= 0.3 is 6.03 Å². The Balaban J connectivity index is 2.04. The number of aryl methyl sites for hydroxylation is 2. The highest BCUT2D eigenvalue weighted by Gasteiger charge is 2.08. The van der Waals surface area contributed by atoms with Gasteiger partial charge in [-0.05, 0) is 38.5 Å². The molecule has 2 aromatic rings. The number of hydrogen-bond acceptors (Lipinski definition) is 5. The molecule has 0 spiro atoms. The van der Waals surface area contributed by atoms with E-state index in [2.05, 4.69) is 25.8 Å². The number of aliphatic hydroxyl groups excluding tert-OH is 1. The minimum atomic E-state index is -0.595. The van der Waals surface area contributed by atoms with Gasteiger partial charge in [0.2, 0.25) is 0 Å². The molecule has 0 radical (unpaired) electrons. The Labute approximate surface area is 122 Å². The summed E-state index contributed by atoms with van der Waals surface area (Å²) >= 11 is 0. The van der Waals surface area contributed by atoms with E-state index in [4.69, 9.17) is 0 Å². The van der Waals surface area contributed by atoms with E-state index in [1.165, 1.54) is 0 Å². The van der Waals surface area contributed by atoms with Crippen molar-refractivity contribution in [2.75, 3.05) is 10.6 Å². The number of aliphatic hydroxyl groups is 1. The molecule has 0 fully saturated rings. The summed E-state index contributed by atoms with van der Waals surface area (Å²) in [6.45, 7) is 5.24. The minimum Gasteiger partial charge on any atom is -0.389 e. The van der Waals surface area contributed by atoms with E-state index in [0.29, 0.717) is 17.1 Å². The van der Waals surface area contributed by atoms with Crippen LogP contribution >= 0.6 is 0 Å². The van der Waals surface area contributed by atoms with Crippen LogP contribution in [0.1, 0.15) is 30.0 Å². The van der Waals surface area contributed by atoms with E-state index in [1.54, 1.807) is 45.0 Å². The molecule has 7 heteroatoms. The summed E-state index contributed by atoms with van der Waals surface area (Å²) in [4.78, 5) is 16.0. The maximum Gasteiger partial charge on any atom is 0.326 e. The third-order valence-electron chi connectivity index (χ3n) is 2.94. The Morgan fingerprint density at radius 3 is 2.62 bits per heavy atom. The second-order valence-electron chi connectivity index (χ2n) is 4.69. The van der Waals surface area contributed by atoms with Crippen molar-refractivity contribution < 1.29 is 9.90 Å². The van der Waals surface area contributed by atoms with Crippen LogP contribution < -0.4 is 10.6 Å². The first-order valence-corrected chi connectivity index (χ1v) is 6.49. The molecule has 3 N–H and O–H groups in total. The van der Waals surface area contributed by atoms with E-state index >= 15 is 0 Å². The van der Waals surface area contributed by atoms with Crippen LogP contribution in [0.15, 0.2) is 24.3 Å². The number of nitrogens with zero attached hydrogens (tertiary/aromatic N) is 3. The fraction of sp³-hybridized carbons (Fsp3) is 0.286. The molecule has 21 heavy (non-hydrogen) atoms. The maximum absolute atomic E-state index is 11.9. The summed E-state index contributed by atoms with van der Waals surface area (Å²) in [5.74, 6) is 0.141. The molecular weight excluding hydrogens is 270 g/mol. The van der Waals surface area contributed by atoms with Gasteiger partial charge in [0, 0.05) is 5.69 Å². The number of carbonyl (C=O) groups excluding carboxylic acids is 1. The quantitative estimate of drug-likeness (QED) is 0.803. The summed E-state index contributed by atoms with van der Waals surface area (Å²) in [5, 5.41) is 22.4. The molecule has 1 aromatic heterocycles. The van der Waals surface area contributed by atoms with Gasteiger partial charge in [-0.25, -0.2) is 9.78 Å². The van der Waals surface area contributed by atoms with Crippen LogP contribution in [-0.2, 0) is 0 Å².